The van der Waals surface area contributed by atoms with Crippen LogP contribution < -0.4 is 5.32 Å². The first kappa shape index (κ1) is 15.4. The number of aromatic nitrogens is 1. The van der Waals surface area contributed by atoms with Crippen LogP contribution in [0.5, 0.6) is 0 Å². The van der Waals surface area contributed by atoms with E-state index in [1.54, 1.807) is 0 Å². The van der Waals surface area contributed by atoms with Crippen LogP contribution in [0.2, 0.25) is 0 Å². The third kappa shape index (κ3) is 3.30. The smallest absolute Gasteiger partial charge is 0.116 e. The van der Waals surface area contributed by atoms with Crippen LogP contribution in [0.1, 0.15) is 11.1 Å². The highest BCUT2D eigenvalue weighted by Gasteiger charge is 2.14. The second kappa shape index (κ2) is 7.17. The fourth-order valence-corrected chi connectivity index (χ4v) is 3.14. The number of nitrogens with one attached hydrogen (secondary N) is 1. The normalized spacial score (nSPS) is 10.4. The molecule has 0 bridgehead atoms. The summed E-state index contributed by atoms with van der Waals surface area (Å²) in [5.74, 6) is 0. The molecule has 3 nitrogen and oxygen atoms in total. The van der Waals surface area contributed by atoms with Crippen molar-refractivity contribution in [2.75, 3.05) is 18.1 Å². The number of para-hydroxylation sites is 1. The van der Waals surface area contributed by atoms with Crippen LogP contribution in [0, 0.1) is 11.3 Å². The van der Waals surface area contributed by atoms with E-state index in [9.17, 15) is 5.26 Å². The Morgan fingerprint density at radius 3 is 2.57 bits per heavy atom. The molecule has 114 valence electrons. The topological polar surface area (TPSA) is 48.7 Å². The van der Waals surface area contributed by atoms with Crippen molar-refractivity contribution in [2.24, 2.45) is 0 Å². The molecule has 1 heterocycles. The number of thioether (sulfide) groups is 1. The van der Waals surface area contributed by atoms with E-state index in [2.05, 4.69) is 28.5 Å². The van der Waals surface area contributed by atoms with Gasteiger partial charge in [-0.3, -0.25) is 0 Å². The summed E-state index contributed by atoms with van der Waals surface area (Å²) < 4.78 is 0. The lowest BCUT2D eigenvalue weighted by Gasteiger charge is -2.14. The number of benzene rings is 2. The summed E-state index contributed by atoms with van der Waals surface area (Å²) in [6, 6.07) is 20.6. The molecule has 0 amide bonds. The first-order chi connectivity index (χ1) is 11.3. The largest absolute Gasteiger partial charge is 0.383 e. The number of hydrogen-bond acceptors (Lipinski definition) is 4. The minimum absolute atomic E-state index is 0.629. The molecule has 0 unspecified atom stereocenters. The molecular formula is C19H17N3S. The van der Waals surface area contributed by atoms with Crippen molar-refractivity contribution < 1.29 is 0 Å². The fraction of sp³-hybridized carbons (Fsp3) is 0.158. The van der Waals surface area contributed by atoms with Crippen LogP contribution in [-0.4, -0.2) is 17.8 Å². The second-order valence-electron chi connectivity index (χ2n) is 5.16. The summed E-state index contributed by atoms with van der Waals surface area (Å²) in [7, 11) is 0. The quantitative estimate of drug-likeness (QED) is 0.704. The van der Waals surface area contributed by atoms with Gasteiger partial charge >= 0.3 is 0 Å². The summed E-state index contributed by atoms with van der Waals surface area (Å²) in [4.78, 5) is 4.59. The summed E-state index contributed by atoms with van der Waals surface area (Å²) in [5, 5.41) is 14.8. The molecule has 3 aromatic rings. The molecule has 0 saturated heterocycles. The minimum Gasteiger partial charge on any atom is -0.383 e. The lowest BCUT2D eigenvalue weighted by Crippen LogP contribution is -2.08. The molecule has 4 heteroatoms. The molecule has 0 aliphatic carbocycles. The molecule has 0 saturated carbocycles. The Kier molecular flexibility index (Phi) is 4.80. The molecule has 2 aromatic carbocycles. The first-order valence-electron chi connectivity index (χ1n) is 7.48. The summed E-state index contributed by atoms with van der Waals surface area (Å²) in [5.41, 5.74) is 3.71. The van der Waals surface area contributed by atoms with Gasteiger partial charge in [0.15, 0.2) is 0 Å². The average Bonchev–Trinajstić information content (AvgIpc) is 2.62. The number of nitrogens with zero attached hydrogens (tertiary/aromatic N) is 2. The van der Waals surface area contributed by atoms with Crippen LogP contribution in [0.15, 0.2) is 59.6 Å². The van der Waals surface area contributed by atoms with E-state index in [-0.39, 0.29) is 0 Å². The van der Waals surface area contributed by atoms with E-state index in [1.165, 1.54) is 17.3 Å². The molecule has 0 atom stereocenters. The maximum Gasteiger partial charge on any atom is 0.116 e. The fourth-order valence-electron chi connectivity index (χ4n) is 2.60. The lowest BCUT2D eigenvalue weighted by molar-refractivity contribution is 1.02. The van der Waals surface area contributed by atoms with Crippen LogP contribution in [0.3, 0.4) is 0 Å². The predicted octanol–water partition coefficient (Wildman–Crippen LogP) is 4.48. The van der Waals surface area contributed by atoms with Gasteiger partial charge in [0.25, 0.3) is 0 Å². The number of nitriles is 1. The molecule has 0 aliphatic rings. The molecule has 0 radical (unpaired) electrons. The van der Waals surface area contributed by atoms with Crippen LogP contribution in [0.25, 0.3) is 10.9 Å². The van der Waals surface area contributed by atoms with Crippen molar-refractivity contribution in [3.63, 3.8) is 0 Å². The summed E-state index contributed by atoms with van der Waals surface area (Å²) in [6.07, 6.45) is 2.86. The zero-order chi connectivity index (χ0) is 16.1. The third-order valence-corrected chi connectivity index (χ3v) is 4.40. The molecule has 0 spiro atoms. The van der Waals surface area contributed by atoms with Gasteiger partial charge in [-0.05, 0) is 24.3 Å². The van der Waals surface area contributed by atoms with Gasteiger partial charge in [0, 0.05) is 11.9 Å². The Bertz CT molecular complexity index is 854. The minimum atomic E-state index is 0.629. The van der Waals surface area contributed by atoms with Crippen molar-refractivity contribution in [1.82, 2.24) is 4.98 Å². The highest BCUT2D eigenvalue weighted by molar-refractivity contribution is 7.98. The van der Waals surface area contributed by atoms with Crippen LogP contribution in [0.4, 0.5) is 5.69 Å². The van der Waals surface area contributed by atoms with Crippen molar-refractivity contribution in [3.05, 3.63) is 65.7 Å². The number of fused-ring (bicyclic) bond motifs is 1. The number of hydrogen-bond donors (Lipinski definition) is 1. The van der Waals surface area contributed by atoms with Gasteiger partial charge in [-0.2, -0.15) is 5.26 Å². The zero-order valence-corrected chi connectivity index (χ0v) is 13.7. The van der Waals surface area contributed by atoms with Gasteiger partial charge in [0.05, 0.1) is 11.2 Å². The Balaban J connectivity index is 1.93. The van der Waals surface area contributed by atoms with Crippen molar-refractivity contribution in [1.29, 1.82) is 5.26 Å². The van der Waals surface area contributed by atoms with E-state index in [0.717, 1.165) is 34.6 Å². The van der Waals surface area contributed by atoms with Crippen LogP contribution in [-0.2, 0) is 6.42 Å². The Morgan fingerprint density at radius 2 is 1.83 bits per heavy atom. The van der Waals surface area contributed by atoms with Gasteiger partial charge < -0.3 is 5.32 Å². The molecular weight excluding hydrogens is 302 g/mol. The van der Waals surface area contributed by atoms with Crippen molar-refractivity contribution in [2.45, 2.75) is 11.4 Å². The van der Waals surface area contributed by atoms with E-state index in [4.69, 9.17) is 0 Å². The van der Waals surface area contributed by atoms with Crippen molar-refractivity contribution >= 4 is 28.4 Å². The molecule has 0 fully saturated rings. The number of anilines is 1. The molecule has 3 rings (SSSR count). The third-order valence-electron chi connectivity index (χ3n) is 3.72. The Hall–Kier alpha value is -2.51. The number of pyridine rings is 1. The maximum atomic E-state index is 9.56. The van der Waals surface area contributed by atoms with E-state index in [1.807, 2.05) is 48.7 Å². The average molecular weight is 319 g/mol. The maximum absolute atomic E-state index is 9.56. The highest BCUT2D eigenvalue weighted by Crippen LogP contribution is 2.32. The lowest BCUT2D eigenvalue weighted by atomic mass is 10.1. The first-order valence-corrected chi connectivity index (χ1v) is 8.70. The van der Waals surface area contributed by atoms with E-state index < -0.39 is 0 Å². The van der Waals surface area contributed by atoms with Gasteiger partial charge in [-0.1, -0.05) is 48.5 Å². The SMILES string of the molecule is CSc1nc2ccccc2c(NCCc2ccccc2)c1C#N. The standard InChI is InChI=1S/C19H17N3S/c1-23-19-16(13-20)18(15-9-5-6-10-17(15)22-19)21-12-11-14-7-3-2-4-8-14/h2-10H,11-12H2,1H3,(H,21,22). The predicted molar refractivity (Wildman–Crippen MR) is 96.9 cm³/mol. The van der Waals surface area contributed by atoms with Gasteiger partial charge in [0.1, 0.15) is 16.7 Å². The molecule has 1 N–H and O–H groups in total. The van der Waals surface area contributed by atoms with E-state index >= 15 is 0 Å². The summed E-state index contributed by atoms with van der Waals surface area (Å²) >= 11 is 1.51. The second-order valence-corrected chi connectivity index (χ2v) is 5.96. The monoisotopic (exact) mass is 319 g/mol. The van der Waals surface area contributed by atoms with Crippen LogP contribution >= 0.6 is 11.8 Å². The molecule has 23 heavy (non-hydrogen) atoms. The molecule has 0 aliphatic heterocycles. The van der Waals surface area contributed by atoms with Gasteiger partial charge in [0.2, 0.25) is 0 Å². The number of rotatable bonds is 5. The zero-order valence-electron chi connectivity index (χ0n) is 12.9. The van der Waals surface area contributed by atoms with Gasteiger partial charge in [-0.15, -0.1) is 11.8 Å². The summed E-state index contributed by atoms with van der Waals surface area (Å²) in [6.45, 7) is 0.778. The highest BCUT2D eigenvalue weighted by atomic mass is 32.2. The van der Waals surface area contributed by atoms with E-state index in [0.29, 0.717) is 5.56 Å². The Labute approximate surface area is 140 Å². The van der Waals surface area contributed by atoms with Crippen molar-refractivity contribution in [3.8, 4) is 6.07 Å². The molecule has 1 aromatic heterocycles. The van der Waals surface area contributed by atoms with Gasteiger partial charge in [-0.25, -0.2) is 4.98 Å². The Morgan fingerprint density at radius 1 is 1.09 bits per heavy atom.